The number of aromatic nitrogens is 1. The van der Waals surface area contributed by atoms with Crippen LogP contribution >= 0.6 is 0 Å². The predicted octanol–water partition coefficient (Wildman–Crippen LogP) is 7.51. The molecule has 0 bridgehead atoms. The summed E-state index contributed by atoms with van der Waals surface area (Å²) in [6.07, 6.45) is 12.9. The smallest absolute Gasteiger partial charge is 0.303 e. The number of hydrogen-bond acceptors (Lipinski definition) is 3. The van der Waals surface area contributed by atoms with Crippen molar-refractivity contribution in [1.82, 2.24) is 4.98 Å². The fourth-order valence-corrected chi connectivity index (χ4v) is 5.33. The SMILES string of the molecule is CCC=C(C=CCc1ccc2c(C(=O)Nc3ccccc3)cc(C)nc2c1)C1CCC(CC(=O)O)CC1. The van der Waals surface area contributed by atoms with Crippen LogP contribution in [-0.4, -0.2) is 22.0 Å². The van der Waals surface area contributed by atoms with E-state index in [0.29, 0.717) is 23.8 Å². The summed E-state index contributed by atoms with van der Waals surface area (Å²) in [6.45, 7) is 4.07. The van der Waals surface area contributed by atoms with Crippen LogP contribution in [0, 0.1) is 18.8 Å². The Morgan fingerprint density at radius 1 is 1.05 bits per heavy atom. The minimum atomic E-state index is -0.684. The summed E-state index contributed by atoms with van der Waals surface area (Å²) in [5.74, 6) is 0.000117. The fourth-order valence-electron chi connectivity index (χ4n) is 5.33. The maximum absolute atomic E-state index is 13.0. The number of benzene rings is 2. The van der Waals surface area contributed by atoms with Crippen molar-refractivity contribution in [3.05, 3.63) is 95.2 Å². The number of pyridine rings is 1. The summed E-state index contributed by atoms with van der Waals surface area (Å²) in [5, 5.41) is 12.9. The van der Waals surface area contributed by atoms with Gasteiger partial charge in [-0.2, -0.15) is 0 Å². The van der Waals surface area contributed by atoms with E-state index in [1.54, 1.807) is 0 Å². The van der Waals surface area contributed by atoms with Crippen LogP contribution in [-0.2, 0) is 11.2 Å². The molecule has 1 saturated carbocycles. The lowest BCUT2D eigenvalue weighted by Crippen LogP contribution is -2.18. The minimum Gasteiger partial charge on any atom is -0.481 e. The molecule has 0 atom stereocenters. The number of rotatable bonds is 9. The lowest BCUT2D eigenvalue weighted by Gasteiger charge is -2.28. The molecule has 1 fully saturated rings. The van der Waals surface area contributed by atoms with E-state index < -0.39 is 5.97 Å². The average molecular weight is 497 g/mol. The molecule has 2 N–H and O–H groups in total. The maximum atomic E-state index is 13.0. The van der Waals surface area contributed by atoms with E-state index in [2.05, 4.69) is 42.6 Å². The van der Waals surface area contributed by atoms with E-state index in [0.717, 1.165) is 66.4 Å². The van der Waals surface area contributed by atoms with Gasteiger partial charge in [0.05, 0.1) is 11.1 Å². The molecule has 0 unspecified atom stereocenters. The van der Waals surface area contributed by atoms with Gasteiger partial charge in [-0.3, -0.25) is 14.6 Å². The van der Waals surface area contributed by atoms with Gasteiger partial charge in [-0.1, -0.05) is 55.5 Å². The second-order valence-corrected chi connectivity index (χ2v) is 10.0. The number of carbonyl (C=O) groups is 2. The zero-order chi connectivity index (χ0) is 26.2. The Morgan fingerprint density at radius 2 is 1.81 bits per heavy atom. The number of carbonyl (C=O) groups excluding carboxylic acids is 1. The van der Waals surface area contributed by atoms with Crippen LogP contribution < -0.4 is 5.32 Å². The van der Waals surface area contributed by atoms with Gasteiger partial charge < -0.3 is 10.4 Å². The molecular weight excluding hydrogens is 460 g/mol. The Bertz CT molecular complexity index is 1300. The summed E-state index contributed by atoms with van der Waals surface area (Å²) < 4.78 is 0. The number of hydrogen-bond donors (Lipinski definition) is 2. The fraction of sp³-hybridized carbons (Fsp3) is 0.344. The summed E-state index contributed by atoms with van der Waals surface area (Å²) in [7, 11) is 0. The van der Waals surface area contributed by atoms with Crippen molar-refractivity contribution in [2.45, 2.75) is 58.8 Å². The number of carboxylic acid groups (broad SMARTS) is 1. The number of aryl methyl sites for hydroxylation is 1. The van der Waals surface area contributed by atoms with E-state index in [1.165, 1.54) is 5.57 Å². The van der Waals surface area contributed by atoms with Crippen LogP contribution in [0.15, 0.2) is 78.4 Å². The van der Waals surface area contributed by atoms with Gasteiger partial charge in [0.25, 0.3) is 5.91 Å². The molecular formula is C32H36N2O3. The third kappa shape index (κ3) is 7.16. The van der Waals surface area contributed by atoms with Gasteiger partial charge in [0.15, 0.2) is 0 Å². The summed E-state index contributed by atoms with van der Waals surface area (Å²) >= 11 is 0. The Morgan fingerprint density at radius 3 is 2.51 bits per heavy atom. The number of aliphatic carboxylic acids is 1. The molecule has 37 heavy (non-hydrogen) atoms. The number of para-hydroxylation sites is 1. The minimum absolute atomic E-state index is 0.137. The number of nitrogens with zero attached hydrogens (tertiary/aromatic N) is 1. The van der Waals surface area contributed by atoms with Crippen LogP contribution in [0.3, 0.4) is 0 Å². The highest BCUT2D eigenvalue weighted by Crippen LogP contribution is 2.35. The number of nitrogens with one attached hydrogen (secondary N) is 1. The lowest BCUT2D eigenvalue weighted by atomic mass is 9.77. The first-order valence-electron chi connectivity index (χ1n) is 13.3. The van der Waals surface area contributed by atoms with Crippen LogP contribution in [0.5, 0.6) is 0 Å². The van der Waals surface area contributed by atoms with Crippen LogP contribution in [0.4, 0.5) is 5.69 Å². The molecule has 1 aliphatic carbocycles. The molecule has 5 heteroatoms. The molecule has 0 aliphatic heterocycles. The first-order valence-corrected chi connectivity index (χ1v) is 13.3. The highest BCUT2D eigenvalue weighted by Gasteiger charge is 2.24. The van der Waals surface area contributed by atoms with E-state index >= 15 is 0 Å². The van der Waals surface area contributed by atoms with E-state index in [-0.39, 0.29) is 5.91 Å². The van der Waals surface area contributed by atoms with Gasteiger partial charge in [0, 0.05) is 23.2 Å². The standard InChI is InChI=1S/C32H36N2O3/c1-3-8-25(26-16-13-24(14-17-26)21-31(35)36)10-7-9-23-15-18-28-29(19-22(2)33-30(28)20-23)32(37)34-27-11-5-4-6-12-27/h4-8,10-12,15,18-20,24,26H,3,9,13-14,16-17,21H2,1-2H3,(H,34,37)(H,35,36). The molecule has 1 heterocycles. The number of allylic oxidation sites excluding steroid dienone is 4. The molecule has 4 rings (SSSR count). The summed E-state index contributed by atoms with van der Waals surface area (Å²) in [4.78, 5) is 28.8. The monoisotopic (exact) mass is 496 g/mol. The van der Waals surface area contributed by atoms with Crippen molar-refractivity contribution in [3.8, 4) is 0 Å². The van der Waals surface area contributed by atoms with Crippen LogP contribution in [0.1, 0.15) is 67.1 Å². The Labute approximate surface area is 219 Å². The topological polar surface area (TPSA) is 79.3 Å². The molecule has 3 aromatic rings. The van der Waals surface area contributed by atoms with Crippen molar-refractivity contribution < 1.29 is 14.7 Å². The van der Waals surface area contributed by atoms with Crippen molar-refractivity contribution in [2.75, 3.05) is 5.32 Å². The highest BCUT2D eigenvalue weighted by molar-refractivity contribution is 6.12. The van der Waals surface area contributed by atoms with Crippen molar-refractivity contribution in [2.24, 2.45) is 11.8 Å². The highest BCUT2D eigenvalue weighted by atomic mass is 16.4. The lowest BCUT2D eigenvalue weighted by molar-refractivity contribution is -0.138. The molecule has 192 valence electrons. The van der Waals surface area contributed by atoms with E-state index in [4.69, 9.17) is 10.1 Å². The quantitative estimate of drug-likeness (QED) is 0.300. The molecule has 5 nitrogen and oxygen atoms in total. The second kappa shape index (κ2) is 12.5. The Balaban J connectivity index is 1.45. The summed E-state index contributed by atoms with van der Waals surface area (Å²) in [5.41, 5.74) is 5.54. The van der Waals surface area contributed by atoms with Gasteiger partial charge in [0.2, 0.25) is 0 Å². The molecule has 0 saturated heterocycles. The van der Waals surface area contributed by atoms with Gasteiger partial charge >= 0.3 is 5.97 Å². The van der Waals surface area contributed by atoms with Gasteiger partial charge in [-0.25, -0.2) is 0 Å². The Kier molecular flexibility index (Phi) is 8.89. The number of fused-ring (bicyclic) bond motifs is 1. The van der Waals surface area contributed by atoms with Crippen LogP contribution in [0.2, 0.25) is 0 Å². The van der Waals surface area contributed by atoms with Crippen molar-refractivity contribution in [1.29, 1.82) is 0 Å². The molecule has 2 aromatic carbocycles. The molecule has 0 radical (unpaired) electrons. The third-order valence-electron chi connectivity index (χ3n) is 7.16. The molecule has 0 spiro atoms. The van der Waals surface area contributed by atoms with E-state index in [9.17, 15) is 9.59 Å². The van der Waals surface area contributed by atoms with Gasteiger partial charge in [0.1, 0.15) is 0 Å². The largest absolute Gasteiger partial charge is 0.481 e. The zero-order valence-electron chi connectivity index (χ0n) is 21.7. The molecule has 1 aromatic heterocycles. The number of anilines is 1. The van der Waals surface area contributed by atoms with Crippen molar-refractivity contribution >= 4 is 28.5 Å². The first-order chi connectivity index (χ1) is 17.9. The average Bonchev–Trinajstić information content (AvgIpc) is 2.88. The van der Waals surface area contributed by atoms with E-state index in [1.807, 2.05) is 49.4 Å². The second-order valence-electron chi connectivity index (χ2n) is 10.0. The number of amides is 1. The molecule has 1 aliphatic rings. The summed E-state index contributed by atoms with van der Waals surface area (Å²) in [6, 6.07) is 17.5. The van der Waals surface area contributed by atoms with Gasteiger partial charge in [-0.15, -0.1) is 0 Å². The number of carboxylic acids is 1. The zero-order valence-corrected chi connectivity index (χ0v) is 21.7. The van der Waals surface area contributed by atoms with Gasteiger partial charge in [-0.05, 0) is 92.7 Å². The molecule has 1 amide bonds. The van der Waals surface area contributed by atoms with Crippen molar-refractivity contribution in [3.63, 3.8) is 0 Å². The first kappa shape index (κ1) is 26.3. The normalized spacial score (nSPS) is 18.3. The Hall–Kier alpha value is -3.73. The maximum Gasteiger partial charge on any atom is 0.303 e. The predicted molar refractivity (Wildman–Crippen MR) is 150 cm³/mol. The van der Waals surface area contributed by atoms with Crippen LogP contribution in [0.25, 0.3) is 10.9 Å². The third-order valence-corrected chi connectivity index (χ3v) is 7.16.